The number of nitrogens with two attached hydrogens (primary N) is 2. The highest BCUT2D eigenvalue weighted by Crippen LogP contribution is 2.15. The van der Waals surface area contributed by atoms with Crippen molar-refractivity contribution in [2.24, 2.45) is 0 Å². The fourth-order valence-corrected chi connectivity index (χ4v) is 0.878. The second kappa shape index (κ2) is 3.60. The van der Waals surface area contributed by atoms with E-state index < -0.39 is 5.60 Å². The van der Waals surface area contributed by atoms with Gasteiger partial charge in [-0.05, 0) is 32.0 Å². The summed E-state index contributed by atoms with van der Waals surface area (Å²) in [5, 5.41) is 9.37. The number of hydrogen-bond acceptors (Lipinski definition) is 3. The second-order valence-electron chi connectivity index (χ2n) is 3.65. The largest absolute Gasteiger partial charge is 0.397 e. The van der Waals surface area contributed by atoms with Gasteiger partial charge in [0.05, 0.1) is 11.4 Å². The zero-order valence-electron chi connectivity index (χ0n) is 8.33. The highest BCUT2D eigenvalue weighted by molar-refractivity contribution is 5.65. The Bertz CT molecular complexity index is 394. The lowest BCUT2D eigenvalue weighted by Crippen LogP contribution is -2.14. The molecule has 0 aliphatic rings. The molecule has 3 nitrogen and oxygen atoms in total. The molecule has 0 aliphatic carbocycles. The van der Waals surface area contributed by atoms with Gasteiger partial charge in [-0.3, -0.25) is 0 Å². The van der Waals surface area contributed by atoms with Crippen molar-refractivity contribution in [3.05, 3.63) is 23.8 Å². The van der Waals surface area contributed by atoms with E-state index in [1.54, 1.807) is 32.0 Å². The van der Waals surface area contributed by atoms with Gasteiger partial charge in [0.2, 0.25) is 0 Å². The fraction of sp³-hybridized carbons (Fsp3) is 0.273. The second-order valence-corrected chi connectivity index (χ2v) is 3.65. The molecule has 0 aliphatic heterocycles. The van der Waals surface area contributed by atoms with E-state index in [9.17, 15) is 5.11 Å². The molecular formula is C11H14N2O. The lowest BCUT2D eigenvalue weighted by Gasteiger charge is -2.06. The molecule has 0 radical (unpaired) electrons. The van der Waals surface area contributed by atoms with Crippen molar-refractivity contribution in [3.8, 4) is 11.8 Å². The number of benzene rings is 1. The Morgan fingerprint density at radius 2 is 1.86 bits per heavy atom. The molecular weight excluding hydrogens is 176 g/mol. The van der Waals surface area contributed by atoms with E-state index in [-0.39, 0.29) is 0 Å². The minimum atomic E-state index is -0.990. The van der Waals surface area contributed by atoms with Gasteiger partial charge in [0, 0.05) is 5.56 Å². The summed E-state index contributed by atoms with van der Waals surface area (Å²) in [5.74, 6) is 5.51. The average Bonchev–Trinajstić information content (AvgIpc) is 2.06. The van der Waals surface area contributed by atoms with Crippen molar-refractivity contribution in [1.82, 2.24) is 0 Å². The van der Waals surface area contributed by atoms with Gasteiger partial charge < -0.3 is 16.6 Å². The minimum Gasteiger partial charge on any atom is -0.397 e. The van der Waals surface area contributed by atoms with Crippen LogP contribution >= 0.6 is 0 Å². The van der Waals surface area contributed by atoms with Gasteiger partial charge in [-0.15, -0.1) is 0 Å². The maximum absolute atomic E-state index is 9.37. The predicted molar refractivity (Wildman–Crippen MR) is 58.4 cm³/mol. The van der Waals surface area contributed by atoms with E-state index >= 15 is 0 Å². The van der Waals surface area contributed by atoms with Gasteiger partial charge in [0.1, 0.15) is 5.60 Å². The molecule has 0 aromatic heterocycles. The van der Waals surface area contributed by atoms with Gasteiger partial charge >= 0.3 is 0 Å². The summed E-state index contributed by atoms with van der Waals surface area (Å²) in [6.07, 6.45) is 0. The first-order valence-corrected chi connectivity index (χ1v) is 4.29. The fourth-order valence-electron chi connectivity index (χ4n) is 0.878. The summed E-state index contributed by atoms with van der Waals surface area (Å²) >= 11 is 0. The predicted octanol–water partition coefficient (Wildman–Crippen LogP) is 0.973. The van der Waals surface area contributed by atoms with Crippen molar-refractivity contribution in [3.63, 3.8) is 0 Å². The van der Waals surface area contributed by atoms with Crippen LogP contribution in [-0.2, 0) is 0 Å². The van der Waals surface area contributed by atoms with Crippen molar-refractivity contribution in [1.29, 1.82) is 0 Å². The Labute approximate surface area is 83.7 Å². The Balaban J connectivity index is 2.98. The van der Waals surface area contributed by atoms with Crippen LogP contribution in [0.5, 0.6) is 0 Å². The monoisotopic (exact) mass is 190 g/mol. The van der Waals surface area contributed by atoms with Crippen molar-refractivity contribution in [2.45, 2.75) is 19.4 Å². The zero-order valence-corrected chi connectivity index (χ0v) is 8.33. The van der Waals surface area contributed by atoms with E-state index in [1.807, 2.05) is 0 Å². The molecule has 0 unspecified atom stereocenters. The lowest BCUT2D eigenvalue weighted by atomic mass is 10.1. The summed E-state index contributed by atoms with van der Waals surface area (Å²) < 4.78 is 0. The average molecular weight is 190 g/mol. The van der Waals surface area contributed by atoms with Crippen LogP contribution in [-0.4, -0.2) is 10.7 Å². The molecule has 3 heteroatoms. The quantitative estimate of drug-likeness (QED) is 0.421. The van der Waals surface area contributed by atoms with E-state index in [2.05, 4.69) is 11.8 Å². The van der Waals surface area contributed by atoms with E-state index in [0.29, 0.717) is 11.4 Å². The van der Waals surface area contributed by atoms with Crippen LogP contribution in [0.15, 0.2) is 18.2 Å². The zero-order chi connectivity index (χ0) is 10.8. The van der Waals surface area contributed by atoms with Crippen molar-refractivity contribution in [2.75, 3.05) is 11.5 Å². The Morgan fingerprint density at radius 1 is 1.21 bits per heavy atom. The number of nitrogen functional groups attached to an aromatic ring is 2. The smallest absolute Gasteiger partial charge is 0.120 e. The molecule has 1 rings (SSSR count). The van der Waals surface area contributed by atoms with E-state index in [0.717, 1.165) is 5.56 Å². The highest BCUT2D eigenvalue weighted by atomic mass is 16.3. The third-order valence-corrected chi connectivity index (χ3v) is 1.60. The van der Waals surface area contributed by atoms with Crippen molar-refractivity contribution >= 4 is 11.4 Å². The summed E-state index contributed by atoms with van der Waals surface area (Å²) in [6, 6.07) is 5.15. The third kappa shape index (κ3) is 3.00. The van der Waals surface area contributed by atoms with Crippen LogP contribution in [0, 0.1) is 11.8 Å². The van der Waals surface area contributed by atoms with Crippen LogP contribution in [0.3, 0.4) is 0 Å². The summed E-state index contributed by atoms with van der Waals surface area (Å²) in [7, 11) is 0. The Hall–Kier alpha value is -1.66. The number of aliphatic hydroxyl groups is 1. The maximum Gasteiger partial charge on any atom is 0.120 e. The molecule has 1 aromatic rings. The topological polar surface area (TPSA) is 72.3 Å². The first-order valence-electron chi connectivity index (χ1n) is 4.29. The van der Waals surface area contributed by atoms with Gasteiger partial charge in [-0.25, -0.2) is 0 Å². The molecule has 0 amide bonds. The van der Waals surface area contributed by atoms with Crippen molar-refractivity contribution < 1.29 is 5.11 Å². The number of anilines is 2. The summed E-state index contributed by atoms with van der Waals surface area (Å²) in [5.41, 5.74) is 12.0. The molecule has 0 fully saturated rings. The normalized spacial score (nSPS) is 10.5. The molecule has 0 heterocycles. The molecule has 0 saturated carbocycles. The number of hydrogen-bond donors (Lipinski definition) is 3. The SMILES string of the molecule is CC(C)(O)C#Cc1ccc(N)c(N)c1. The first-order chi connectivity index (χ1) is 6.38. The van der Waals surface area contributed by atoms with Crippen LogP contribution < -0.4 is 11.5 Å². The molecule has 74 valence electrons. The van der Waals surface area contributed by atoms with Gasteiger partial charge in [0.25, 0.3) is 0 Å². The van der Waals surface area contributed by atoms with Crippen LogP contribution in [0.1, 0.15) is 19.4 Å². The van der Waals surface area contributed by atoms with Crippen LogP contribution in [0.25, 0.3) is 0 Å². The van der Waals surface area contributed by atoms with E-state index in [1.165, 1.54) is 0 Å². The summed E-state index contributed by atoms with van der Waals surface area (Å²) in [4.78, 5) is 0. The highest BCUT2D eigenvalue weighted by Gasteiger charge is 2.05. The third-order valence-electron chi connectivity index (χ3n) is 1.60. The van der Waals surface area contributed by atoms with Crippen LogP contribution in [0.4, 0.5) is 11.4 Å². The van der Waals surface area contributed by atoms with E-state index in [4.69, 9.17) is 11.5 Å². The van der Waals surface area contributed by atoms with Gasteiger partial charge in [-0.2, -0.15) is 0 Å². The molecule has 0 spiro atoms. The molecule has 5 N–H and O–H groups in total. The Morgan fingerprint density at radius 3 is 2.36 bits per heavy atom. The lowest BCUT2D eigenvalue weighted by molar-refractivity contribution is 0.143. The standard InChI is InChI=1S/C11H14N2O/c1-11(2,14)6-5-8-3-4-9(12)10(13)7-8/h3-4,7,14H,12-13H2,1-2H3. The summed E-state index contributed by atoms with van der Waals surface area (Å²) in [6.45, 7) is 3.25. The molecule has 0 atom stereocenters. The molecule has 14 heavy (non-hydrogen) atoms. The molecule has 0 saturated heterocycles. The number of rotatable bonds is 0. The Kier molecular flexibility index (Phi) is 2.68. The van der Waals surface area contributed by atoms with Gasteiger partial charge in [-0.1, -0.05) is 11.8 Å². The van der Waals surface area contributed by atoms with Gasteiger partial charge in [0.15, 0.2) is 0 Å². The minimum absolute atomic E-state index is 0.507. The van der Waals surface area contributed by atoms with Crippen LogP contribution in [0.2, 0.25) is 0 Å². The first kappa shape index (κ1) is 10.4. The molecule has 1 aromatic carbocycles. The maximum atomic E-state index is 9.37. The molecule has 0 bridgehead atoms.